The van der Waals surface area contributed by atoms with E-state index < -0.39 is 6.16 Å². The Morgan fingerprint density at radius 2 is 1.89 bits per heavy atom. The van der Waals surface area contributed by atoms with Crippen LogP contribution in [0.5, 0.6) is 11.5 Å². The fourth-order valence-corrected chi connectivity index (χ4v) is 2.25. The van der Waals surface area contributed by atoms with E-state index in [1.165, 1.54) is 0 Å². The zero-order valence-electron chi connectivity index (χ0n) is 11.1. The minimum Gasteiger partial charge on any atom is -0.504 e. The fourth-order valence-electron chi connectivity index (χ4n) is 2.25. The van der Waals surface area contributed by atoms with Gasteiger partial charge < -0.3 is 14.9 Å². The largest absolute Gasteiger partial charge is 0.511 e. The summed E-state index contributed by atoms with van der Waals surface area (Å²) in [4.78, 5) is 10.6. The number of hydrogen-bond acceptors (Lipinski definition) is 3. The van der Waals surface area contributed by atoms with Crippen LogP contribution in [0.15, 0.2) is 6.07 Å². The predicted molar refractivity (Wildman–Crippen MR) is 69.5 cm³/mol. The Morgan fingerprint density at radius 3 is 2.33 bits per heavy atom. The maximum atomic E-state index is 10.6. The lowest BCUT2D eigenvalue weighted by atomic mass is 9.93. The standard InChI is InChI=1S/C14H20O4/c1-4-7-11-10(6-3)9(5-2)8-12(13(11)15)18-14(16)17/h8,15H,4-7H2,1-3H3,(H,16,17). The van der Waals surface area contributed by atoms with Crippen LogP contribution in [-0.4, -0.2) is 16.4 Å². The minimum absolute atomic E-state index is 0.0340. The Morgan fingerprint density at radius 1 is 1.22 bits per heavy atom. The highest BCUT2D eigenvalue weighted by atomic mass is 16.7. The molecule has 0 radical (unpaired) electrons. The summed E-state index contributed by atoms with van der Waals surface area (Å²) in [6.07, 6.45) is 1.81. The number of hydrogen-bond donors (Lipinski definition) is 2. The average molecular weight is 252 g/mol. The van der Waals surface area contributed by atoms with Crippen LogP contribution in [0.3, 0.4) is 0 Å². The van der Waals surface area contributed by atoms with Gasteiger partial charge in [-0.1, -0.05) is 27.2 Å². The first-order chi connectivity index (χ1) is 8.54. The molecule has 0 heterocycles. The van der Waals surface area contributed by atoms with Gasteiger partial charge in [0.1, 0.15) is 0 Å². The van der Waals surface area contributed by atoms with Crippen molar-refractivity contribution in [1.29, 1.82) is 0 Å². The maximum Gasteiger partial charge on any atom is 0.511 e. The minimum atomic E-state index is -1.40. The van der Waals surface area contributed by atoms with Gasteiger partial charge in [0, 0.05) is 5.56 Å². The summed E-state index contributed by atoms with van der Waals surface area (Å²) in [5.41, 5.74) is 2.96. The molecule has 2 N–H and O–H groups in total. The van der Waals surface area contributed by atoms with Crippen LogP contribution in [0.1, 0.15) is 43.9 Å². The van der Waals surface area contributed by atoms with E-state index in [0.717, 1.165) is 42.4 Å². The highest BCUT2D eigenvalue weighted by Gasteiger charge is 2.17. The molecule has 0 unspecified atom stereocenters. The molecule has 0 fully saturated rings. The monoisotopic (exact) mass is 252 g/mol. The van der Waals surface area contributed by atoms with Gasteiger partial charge in [0.2, 0.25) is 0 Å². The summed E-state index contributed by atoms with van der Waals surface area (Å²) in [5, 5.41) is 18.8. The second-order valence-electron chi connectivity index (χ2n) is 4.16. The number of benzene rings is 1. The molecule has 0 saturated heterocycles. The zero-order chi connectivity index (χ0) is 13.7. The average Bonchev–Trinajstić information content (AvgIpc) is 2.33. The number of ether oxygens (including phenoxy) is 1. The van der Waals surface area contributed by atoms with Crippen LogP contribution in [-0.2, 0) is 19.3 Å². The number of carboxylic acid groups (broad SMARTS) is 1. The first-order valence-corrected chi connectivity index (χ1v) is 6.32. The number of aromatic hydroxyl groups is 1. The molecule has 0 spiro atoms. The third-order valence-electron chi connectivity index (χ3n) is 3.01. The molecular formula is C14H20O4. The fraction of sp³-hybridized carbons (Fsp3) is 0.500. The quantitative estimate of drug-likeness (QED) is 0.621. The molecule has 18 heavy (non-hydrogen) atoms. The third-order valence-corrected chi connectivity index (χ3v) is 3.01. The molecule has 0 bridgehead atoms. The van der Waals surface area contributed by atoms with Gasteiger partial charge in [-0.15, -0.1) is 0 Å². The molecule has 1 aromatic carbocycles. The first kappa shape index (κ1) is 14.4. The summed E-state index contributed by atoms with van der Waals surface area (Å²) in [6.45, 7) is 6.06. The highest BCUT2D eigenvalue weighted by molar-refractivity contribution is 5.65. The van der Waals surface area contributed by atoms with E-state index in [2.05, 4.69) is 4.74 Å². The second-order valence-corrected chi connectivity index (χ2v) is 4.16. The van der Waals surface area contributed by atoms with Gasteiger partial charge in [0.25, 0.3) is 0 Å². The number of aryl methyl sites for hydroxylation is 1. The molecule has 0 aliphatic carbocycles. The van der Waals surface area contributed by atoms with E-state index in [9.17, 15) is 9.90 Å². The van der Waals surface area contributed by atoms with Crippen molar-refractivity contribution in [3.05, 3.63) is 22.8 Å². The van der Waals surface area contributed by atoms with E-state index in [4.69, 9.17) is 5.11 Å². The lowest BCUT2D eigenvalue weighted by Gasteiger charge is -2.16. The lowest BCUT2D eigenvalue weighted by molar-refractivity contribution is 0.142. The Labute approximate surface area is 107 Å². The predicted octanol–water partition coefficient (Wildman–Crippen LogP) is 3.53. The van der Waals surface area contributed by atoms with E-state index in [-0.39, 0.29) is 11.5 Å². The molecule has 1 aromatic rings. The van der Waals surface area contributed by atoms with Gasteiger partial charge in [-0.05, 0) is 36.5 Å². The zero-order valence-corrected chi connectivity index (χ0v) is 11.1. The molecule has 0 atom stereocenters. The van der Waals surface area contributed by atoms with Crippen LogP contribution in [0.2, 0.25) is 0 Å². The van der Waals surface area contributed by atoms with E-state index in [0.29, 0.717) is 0 Å². The molecular weight excluding hydrogens is 232 g/mol. The van der Waals surface area contributed by atoms with Gasteiger partial charge in [-0.3, -0.25) is 0 Å². The van der Waals surface area contributed by atoms with Gasteiger partial charge in [0.05, 0.1) is 0 Å². The van der Waals surface area contributed by atoms with Crippen LogP contribution in [0, 0.1) is 0 Å². The molecule has 100 valence electrons. The van der Waals surface area contributed by atoms with E-state index >= 15 is 0 Å². The molecule has 1 rings (SSSR count). The number of rotatable bonds is 5. The lowest BCUT2D eigenvalue weighted by Crippen LogP contribution is -2.07. The molecule has 0 aliphatic heterocycles. The molecule has 0 aromatic heterocycles. The van der Waals surface area contributed by atoms with Crippen molar-refractivity contribution < 1.29 is 19.7 Å². The van der Waals surface area contributed by atoms with Gasteiger partial charge in [-0.25, -0.2) is 4.79 Å². The maximum absolute atomic E-state index is 10.6. The van der Waals surface area contributed by atoms with Crippen molar-refractivity contribution in [2.45, 2.75) is 46.5 Å². The smallest absolute Gasteiger partial charge is 0.504 e. The number of phenols is 1. The van der Waals surface area contributed by atoms with Crippen molar-refractivity contribution in [2.75, 3.05) is 0 Å². The summed E-state index contributed by atoms with van der Waals surface area (Å²) in [7, 11) is 0. The summed E-state index contributed by atoms with van der Waals surface area (Å²) < 4.78 is 4.64. The highest BCUT2D eigenvalue weighted by Crippen LogP contribution is 2.36. The molecule has 0 aliphatic rings. The Balaban J connectivity index is 3.38. The number of carbonyl (C=O) groups is 1. The molecule has 4 nitrogen and oxygen atoms in total. The van der Waals surface area contributed by atoms with Crippen molar-refractivity contribution in [1.82, 2.24) is 0 Å². The van der Waals surface area contributed by atoms with E-state index in [1.807, 2.05) is 20.8 Å². The van der Waals surface area contributed by atoms with Crippen molar-refractivity contribution in [3.8, 4) is 11.5 Å². The topological polar surface area (TPSA) is 66.8 Å². The summed E-state index contributed by atoms with van der Waals surface area (Å²) in [5.74, 6) is 0.00769. The summed E-state index contributed by atoms with van der Waals surface area (Å²) >= 11 is 0. The van der Waals surface area contributed by atoms with Crippen LogP contribution < -0.4 is 4.74 Å². The third kappa shape index (κ3) is 2.94. The van der Waals surface area contributed by atoms with Crippen molar-refractivity contribution >= 4 is 6.16 Å². The summed E-state index contributed by atoms with van der Waals surface area (Å²) in [6, 6.07) is 1.63. The Kier molecular flexibility index (Phi) is 5.01. The molecule has 0 saturated carbocycles. The van der Waals surface area contributed by atoms with Gasteiger partial charge in [0.15, 0.2) is 11.5 Å². The van der Waals surface area contributed by atoms with Crippen molar-refractivity contribution in [2.24, 2.45) is 0 Å². The Hall–Kier alpha value is -1.71. The number of phenolic OH excluding ortho intramolecular Hbond substituents is 1. The normalized spacial score (nSPS) is 10.4. The second kappa shape index (κ2) is 6.28. The van der Waals surface area contributed by atoms with Crippen LogP contribution in [0.4, 0.5) is 4.79 Å². The molecule has 0 amide bonds. The SMILES string of the molecule is CCCc1c(O)c(OC(=O)O)cc(CC)c1CC. The molecule has 4 heteroatoms. The van der Waals surface area contributed by atoms with Gasteiger partial charge >= 0.3 is 6.16 Å². The Bertz CT molecular complexity index is 438. The van der Waals surface area contributed by atoms with Gasteiger partial charge in [-0.2, -0.15) is 0 Å². The van der Waals surface area contributed by atoms with Crippen molar-refractivity contribution in [3.63, 3.8) is 0 Å². The first-order valence-electron chi connectivity index (χ1n) is 6.32. The van der Waals surface area contributed by atoms with Crippen LogP contribution >= 0.6 is 0 Å². The van der Waals surface area contributed by atoms with E-state index in [1.54, 1.807) is 6.07 Å². The van der Waals surface area contributed by atoms with Crippen LogP contribution in [0.25, 0.3) is 0 Å².